The number of nitrogens with zero attached hydrogens (tertiary/aromatic N) is 5. The zero-order valence-electron chi connectivity index (χ0n) is 11.4. The Morgan fingerprint density at radius 1 is 1.50 bits per heavy atom. The number of aromatic carboxylic acids is 1. The van der Waals surface area contributed by atoms with E-state index in [1.807, 2.05) is 6.92 Å². The first kappa shape index (κ1) is 14.2. The largest absolute Gasteiger partial charge is 0.476 e. The number of aromatic nitrogens is 5. The van der Waals surface area contributed by atoms with Gasteiger partial charge < -0.3 is 10.2 Å². The molecule has 0 saturated heterocycles. The molecule has 2 rings (SSSR count). The molecule has 8 nitrogen and oxygen atoms in total. The van der Waals surface area contributed by atoms with Crippen molar-refractivity contribution in [2.45, 2.75) is 39.5 Å². The van der Waals surface area contributed by atoms with Crippen molar-refractivity contribution in [3.8, 4) is 11.3 Å². The molecular weight excluding hydrogens is 262 g/mol. The van der Waals surface area contributed by atoms with E-state index >= 15 is 0 Å². The number of rotatable bonds is 6. The summed E-state index contributed by atoms with van der Waals surface area (Å²) in [6, 6.07) is 0. The molecule has 0 radical (unpaired) electrons. The van der Waals surface area contributed by atoms with Crippen LogP contribution in [-0.2, 0) is 13.1 Å². The summed E-state index contributed by atoms with van der Waals surface area (Å²) in [5, 5.41) is 30.2. The molecule has 0 amide bonds. The van der Waals surface area contributed by atoms with E-state index in [-0.39, 0.29) is 5.69 Å². The van der Waals surface area contributed by atoms with E-state index in [0.717, 1.165) is 0 Å². The molecular formula is C12H17N5O3. The van der Waals surface area contributed by atoms with Crippen molar-refractivity contribution in [3.05, 3.63) is 18.1 Å². The van der Waals surface area contributed by atoms with Gasteiger partial charge in [-0.2, -0.15) is 5.10 Å². The van der Waals surface area contributed by atoms with Crippen LogP contribution in [0.25, 0.3) is 11.3 Å². The fourth-order valence-corrected chi connectivity index (χ4v) is 1.87. The number of carboxylic acids is 1. The standard InChI is InChI=1S/C12H17N5O3/c1-3-16-7-9(6-13-16)11-10(12(19)20)14-15-17(11)5-4-8(2)18/h6-8,18H,3-5H2,1-2H3,(H,19,20). The molecule has 20 heavy (non-hydrogen) atoms. The highest BCUT2D eigenvalue weighted by Gasteiger charge is 2.21. The van der Waals surface area contributed by atoms with Crippen molar-refractivity contribution < 1.29 is 15.0 Å². The Labute approximate surface area is 115 Å². The van der Waals surface area contributed by atoms with Gasteiger partial charge >= 0.3 is 5.97 Å². The first-order valence-electron chi connectivity index (χ1n) is 6.40. The third-order valence-corrected chi connectivity index (χ3v) is 2.93. The summed E-state index contributed by atoms with van der Waals surface area (Å²) >= 11 is 0. The van der Waals surface area contributed by atoms with Gasteiger partial charge in [-0.15, -0.1) is 5.10 Å². The van der Waals surface area contributed by atoms with Crippen LogP contribution in [0, 0.1) is 0 Å². The molecule has 8 heteroatoms. The lowest BCUT2D eigenvalue weighted by molar-refractivity contribution is 0.0691. The van der Waals surface area contributed by atoms with Gasteiger partial charge in [0, 0.05) is 24.8 Å². The Hall–Kier alpha value is -2.22. The number of carbonyl (C=O) groups is 1. The van der Waals surface area contributed by atoms with Gasteiger partial charge in [-0.05, 0) is 20.3 Å². The Bertz CT molecular complexity index is 602. The first-order valence-corrected chi connectivity index (χ1v) is 6.40. The molecule has 0 fully saturated rings. The molecule has 2 N–H and O–H groups in total. The minimum Gasteiger partial charge on any atom is -0.476 e. The second-order valence-electron chi connectivity index (χ2n) is 4.54. The Morgan fingerprint density at radius 3 is 2.80 bits per heavy atom. The Kier molecular flexibility index (Phi) is 4.14. The van der Waals surface area contributed by atoms with Gasteiger partial charge in [0.1, 0.15) is 5.69 Å². The molecule has 0 saturated carbocycles. The molecule has 2 heterocycles. The minimum absolute atomic E-state index is 0.105. The molecule has 0 spiro atoms. The fourth-order valence-electron chi connectivity index (χ4n) is 1.87. The maximum Gasteiger partial charge on any atom is 0.358 e. The van der Waals surface area contributed by atoms with Crippen molar-refractivity contribution in [1.29, 1.82) is 0 Å². The highest BCUT2D eigenvalue weighted by Crippen LogP contribution is 2.22. The van der Waals surface area contributed by atoms with Crippen molar-refractivity contribution >= 4 is 5.97 Å². The summed E-state index contributed by atoms with van der Waals surface area (Å²) in [6.07, 6.45) is 3.33. The van der Waals surface area contributed by atoms with Gasteiger partial charge in [-0.3, -0.25) is 4.68 Å². The van der Waals surface area contributed by atoms with Crippen LogP contribution in [0.15, 0.2) is 12.4 Å². The number of hydrogen-bond acceptors (Lipinski definition) is 5. The molecule has 2 aromatic rings. The Balaban J connectivity index is 2.41. The van der Waals surface area contributed by atoms with Crippen molar-refractivity contribution in [1.82, 2.24) is 24.8 Å². The lowest BCUT2D eigenvalue weighted by Crippen LogP contribution is -2.10. The van der Waals surface area contributed by atoms with Crippen LogP contribution in [0.4, 0.5) is 0 Å². The minimum atomic E-state index is -1.13. The van der Waals surface area contributed by atoms with Gasteiger partial charge in [-0.25, -0.2) is 9.48 Å². The van der Waals surface area contributed by atoms with Crippen LogP contribution in [0.2, 0.25) is 0 Å². The molecule has 0 bridgehead atoms. The molecule has 0 aromatic carbocycles. The van der Waals surface area contributed by atoms with Gasteiger partial charge in [-0.1, -0.05) is 5.21 Å². The monoisotopic (exact) mass is 279 g/mol. The highest BCUT2D eigenvalue weighted by atomic mass is 16.4. The van der Waals surface area contributed by atoms with Crippen molar-refractivity contribution in [2.24, 2.45) is 0 Å². The van der Waals surface area contributed by atoms with Crippen LogP contribution < -0.4 is 0 Å². The smallest absolute Gasteiger partial charge is 0.358 e. The Morgan fingerprint density at radius 2 is 2.25 bits per heavy atom. The number of aliphatic hydroxyl groups is 1. The molecule has 0 aliphatic heterocycles. The summed E-state index contributed by atoms with van der Waals surface area (Å²) in [5.74, 6) is -1.13. The average Bonchev–Trinajstić information content (AvgIpc) is 3.02. The summed E-state index contributed by atoms with van der Waals surface area (Å²) in [6.45, 7) is 4.70. The molecule has 2 aromatic heterocycles. The van der Waals surface area contributed by atoms with E-state index in [1.54, 1.807) is 24.0 Å². The summed E-state index contributed by atoms with van der Waals surface area (Å²) in [4.78, 5) is 11.2. The van der Waals surface area contributed by atoms with E-state index in [4.69, 9.17) is 0 Å². The maximum atomic E-state index is 11.2. The second kappa shape index (κ2) is 5.83. The third-order valence-electron chi connectivity index (χ3n) is 2.93. The number of carboxylic acid groups (broad SMARTS) is 1. The fraction of sp³-hybridized carbons (Fsp3) is 0.500. The van der Waals surface area contributed by atoms with Gasteiger partial charge in [0.05, 0.1) is 12.3 Å². The first-order chi connectivity index (χ1) is 9.52. The quantitative estimate of drug-likeness (QED) is 0.803. The van der Waals surface area contributed by atoms with Crippen molar-refractivity contribution in [3.63, 3.8) is 0 Å². The third kappa shape index (κ3) is 2.85. The van der Waals surface area contributed by atoms with Crippen LogP contribution in [0.3, 0.4) is 0 Å². The summed E-state index contributed by atoms with van der Waals surface area (Å²) in [7, 11) is 0. The maximum absolute atomic E-state index is 11.2. The number of aliphatic hydroxyl groups excluding tert-OH is 1. The lowest BCUT2D eigenvalue weighted by atomic mass is 10.2. The van der Waals surface area contributed by atoms with Gasteiger partial charge in [0.25, 0.3) is 0 Å². The molecule has 0 aliphatic rings. The zero-order chi connectivity index (χ0) is 14.7. The van der Waals surface area contributed by atoms with Crippen LogP contribution in [-0.4, -0.2) is 47.1 Å². The molecule has 1 unspecified atom stereocenters. The lowest BCUT2D eigenvalue weighted by Gasteiger charge is -2.07. The predicted molar refractivity (Wildman–Crippen MR) is 70.2 cm³/mol. The topological polar surface area (TPSA) is 106 Å². The molecule has 0 aliphatic carbocycles. The summed E-state index contributed by atoms with van der Waals surface area (Å²) in [5.41, 5.74) is 0.962. The molecule has 1 atom stereocenters. The van der Waals surface area contributed by atoms with Crippen molar-refractivity contribution in [2.75, 3.05) is 0 Å². The van der Waals surface area contributed by atoms with Gasteiger partial charge in [0.2, 0.25) is 0 Å². The normalized spacial score (nSPS) is 12.6. The van der Waals surface area contributed by atoms with E-state index < -0.39 is 12.1 Å². The highest BCUT2D eigenvalue weighted by molar-refractivity contribution is 5.92. The van der Waals surface area contributed by atoms with Gasteiger partial charge in [0.15, 0.2) is 5.69 Å². The van der Waals surface area contributed by atoms with E-state index in [0.29, 0.717) is 30.8 Å². The molecule has 108 valence electrons. The van der Waals surface area contributed by atoms with E-state index in [2.05, 4.69) is 15.4 Å². The zero-order valence-corrected chi connectivity index (χ0v) is 11.4. The predicted octanol–water partition coefficient (Wildman–Crippen LogP) is 0.631. The number of hydrogen-bond donors (Lipinski definition) is 2. The second-order valence-corrected chi connectivity index (χ2v) is 4.54. The van der Waals surface area contributed by atoms with Crippen LogP contribution in [0.5, 0.6) is 0 Å². The van der Waals surface area contributed by atoms with Crippen LogP contribution >= 0.6 is 0 Å². The van der Waals surface area contributed by atoms with E-state index in [1.165, 1.54) is 4.68 Å². The van der Waals surface area contributed by atoms with E-state index in [9.17, 15) is 15.0 Å². The summed E-state index contributed by atoms with van der Waals surface area (Å²) < 4.78 is 3.19. The van der Waals surface area contributed by atoms with Crippen LogP contribution in [0.1, 0.15) is 30.8 Å². The SMILES string of the molecule is CCn1cc(-c2c(C(=O)O)nnn2CCC(C)O)cn1. The average molecular weight is 279 g/mol. The number of aryl methyl sites for hydroxylation is 2.